The van der Waals surface area contributed by atoms with E-state index in [-0.39, 0.29) is 5.97 Å². The van der Waals surface area contributed by atoms with E-state index in [1.54, 1.807) is 0 Å². The van der Waals surface area contributed by atoms with Crippen LogP contribution in [0.5, 0.6) is 5.75 Å². The van der Waals surface area contributed by atoms with Gasteiger partial charge in [-0.25, -0.2) is 4.79 Å². The van der Waals surface area contributed by atoms with Crippen molar-refractivity contribution in [1.29, 1.82) is 0 Å². The average Bonchev–Trinajstić information content (AvgIpc) is 2.69. The molecule has 1 aliphatic rings. The van der Waals surface area contributed by atoms with E-state index in [4.69, 9.17) is 4.74 Å². The van der Waals surface area contributed by atoms with Crippen LogP contribution in [0.15, 0.2) is 48.5 Å². The molecule has 1 heterocycles. The molecule has 0 unspecified atom stereocenters. The Morgan fingerprint density at radius 3 is 2.65 bits per heavy atom. The first-order valence-electron chi connectivity index (χ1n) is 5.51. The number of esters is 1. The molecule has 0 aromatic heterocycles. The molecule has 1 aliphatic heterocycles. The number of ether oxygens (including phenoxy) is 1. The number of hydrogen-bond acceptors (Lipinski definition) is 2. The summed E-state index contributed by atoms with van der Waals surface area (Å²) in [5, 5.41) is 4.04. The highest BCUT2D eigenvalue weighted by Gasteiger charge is 2.26. The number of carbonyl (C=O) groups is 1. The van der Waals surface area contributed by atoms with Gasteiger partial charge in [-0.1, -0.05) is 36.4 Å². The Labute approximate surface area is 97.4 Å². The van der Waals surface area contributed by atoms with Crippen LogP contribution in [-0.4, -0.2) is 5.97 Å². The Kier molecular flexibility index (Phi) is 1.47. The van der Waals surface area contributed by atoms with Crippen LogP contribution in [0.4, 0.5) is 0 Å². The van der Waals surface area contributed by atoms with Gasteiger partial charge >= 0.3 is 5.97 Å². The predicted molar refractivity (Wildman–Crippen MR) is 66.4 cm³/mol. The molecule has 17 heavy (non-hydrogen) atoms. The SMILES string of the molecule is O=C1Oc2cccc3cc4ccccc4c1c23. The maximum atomic E-state index is 11.9. The van der Waals surface area contributed by atoms with Crippen molar-refractivity contribution in [1.82, 2.24) is 0 Å². The molecule has 0 fully saturated rings. The standard InChI is InChI=1S/C15H8O2/c16-15-14-11-6-2-1-4-9(11)8-10-5-3-7-12(17-15)13(10)14/h1-8H. The summed E-state index contributed by atoms with van der Waals surface area (Å²) < 4.78 is 5.29. The van der Waals surface area contributed by atoms with E-state index < -0.39 is 0 Å². The Bertz CT molecular complexity index is 787. The van der Waals surface area contributed by atoms with E-state index in [2.05, 4.69) is 6.07 Å². The summed E-state index contributed by atoms with van der Waals surface area (Å²) in [7, 11) is 0. The van der Waals surface area contributed by atoms with E-state index in [1.165, 1.54) is 0 Å². The lowest BCUT2D eigenvalue weighted by Gasteiger charge is -2.02. The van der Waals surface area contributed by atoms with E-state index >= 15 is 0 Å². The molecule has 0 bridgehead atoms. The van der Waals surface area contributed by atoms with Crippen molar-refractivity contribution < 1.29 is 9.53 Å². The smallest absolute Gasteiger partial charge is 0.344 e. The summed E-state index contributed by atoms with van der Waals surface area (Å²) in [4.78, 5) is 11.9. The highest BCUT2D eigenvalue weighted by atomic mass is 16.5. The fraction of sp³-hybridized carbons (Fsp3) is 0. The molecular weight excluding hydrogens is 212 g/mol. The highest BCUT2D eigenvalue weighted by Crippen LogP contribution is 2.39. The minimum Gasteiger partial charge on any atom is -0.422 e. The van der Waals surface area contributed by atoms with Gasteiger partial charge in [0.1, 0.15) is 5.75 Å². The third-order valence-electron chi connectivity index (χ3n) is 3.26. The molecule has 0 amide bonds. The van der Waals surface area contributed by atoms with Gasteiger partial charge in [-0.2, -0.15) is 0 Å². The fourth-order valence-corrected chi connectivity index (χ4v) is 2.54. The number of hydrogen-bond donors (Lipinski definition) is 0. The lowest BCUT2D eigenvalue weighted by Crippen LogP contribution is -2.01. The van der Waals surface area contributed by atoms with Gasteiger partial charge < -0.3 is 4.74 Å². The second-order valence-corrected chi connectivity index (χ2v) is 4.22. The van der Waals surface area contributed by atoms with Crippen LogP contribution in [0.25, 0.3) is 21.5 Å². The molecular formula is C15H8O2. The molecule has 2 heteroatoms. The van der Waals surface area contributed by atoms with E-state index in [0.717, 1.165) is 21.5 Å². The zero-order valence-corrected chi connectivity index (χ0v) is 8.94. The Morgan fingerprint density at radius 2 is 1.71 bits per heavy atom. The number of benzene rings is 3. The second kappa shape index (κ2) is 2.86. The molecule has 2 nitrogen and oxygen atoms in total. The van der Waals surface area contributed by atoms with Crippen LogP contribution in [0.3, 0.4) is 0 Å². The zero-order valence-electron chi connectivity index (χ0n) is 8.94. The molecule has 4 rings (SSSR count). The quantitative estimate of drug-likeness (QED) is 0.329. The number of fused-ring (bicyclic) bond motifs is 2. The minimum atomic E-state index is -0.243. The summed E-state index contributed by atoms with van der Waals surface area (Å²) in [6.07, 6.45) is 0. The van der Waals surface area contributed by atoms with E-state index in [1.807, 2.05) is 42.5 Å². The van der Waals surface area contributed by atoms with Crippen LogP contribution in [0, 0.1) is 0 Å². The maximum absolute atomic E-state index is 11.9. The monoisotopic (exact) mass is 220 g/mol. The lowest BCUT2D eigenvalue weighted by atomic mass is 9.98. The van der Waals surface area contributed by atoms with Crippen molar-refractivity contribution in [3.63, 3.8) is 0 Å². The fourth-order valence-electron chi connectivity index (χ4n) is 2.54. The highest BCUT2D eigenvalue weighted by molar-refractivity contribution is 6.21. The largest absolute Gasteiger partial charge is 0.422 e. The first kappa shape index (κ1) is 8.76. The topological polar surface area (TPSA) is 26.3 Å². The Balaban J connectivity index is 2.36. The van der Waals surface area contributed by atoms with Crippen molar-refractivity contribution in [2.24, 2.45) is 0 Å². The molecule has 80 valence electrons. The zero-order chi connectivity index (χ0) is 11.4. The van der Waals surface area contributed by atoms with Gasteiger partial charge in [0.2, 0.25) is 0 Å². The predicted octanol–water partition coefficient (Wildman–Crippen LogP) is 3.53. The molecule has 0 saturated carbocycles. The van der Waals surface area contributed by atoms with Gasteiger partial charge in [0, 0.05) is 5.39 Å². The minimum absolute atomic E-state index is 0.243. The Morgan fingerprint density at radius 1 is 0.882 bits per heavy atom. The first-order valence-corrected chi connectivity index (χ1v) is 5.51. The third kappa shape index (κ3) is 1.02. The van der Waals surface area contributed by atoms with E-state index in [0.29, 0.717) is 11.3 Å². The van der Waals surface area contributed by atoms with Crippen LogP contribution in [0.1, 0.15) is 10.4 Å². The molecule has 0 saturated heterocycles. The van der Waals surface area contributed by atoms with Crippen LogP contribution < -0.4 is 4.74 Å². The van der Waals surface area contributed by atoms with Crippen molar-refractivity contribution in [2.75, 3.05) is 0 Å². The van der Waals surface area contributed by atoms with Gasteiger partial charge in [0.15, 0.2) is 0 Å². The molecule has 0 atom stereocenters. The normalized spacial score (nSPS) is 13.3. The molecule has 0 aliphatic carbocycles. The van der Waals surface area contributed by atoms with Gasteiger partial charge in [0.05, 0.1) is 5.56 Å². The van der Waals surface area contributed by atoms with Crippen LogP contribution in [0.2, 0.25) is 0 Å². The van der Waals surface area contributed by atoms with Crippen molar-refractivity contribution in [3.8, 4) is 5.75 Å². The van der Waals surface area contributed by atoms with Crippen LogP contribution in [-0.2, 0) is 0 Å². The van der Waals surface area contributed by atoms with Gasteiger partial charge in [-0.15, -0.1) is 0 Å². The average molecular weight is 220 g/mol. The van der Waals surface area contributed by atoms with Crippen LogP contribution >= 0.6 is 0 Å². The summed E-state index contributed by atoms with van der Waals surface area (Å²) in [6, 6.07) is 15.8. The van der Waals surface area contributed by atoms with Gasteiger partial charge in [-0.3, -0.25) is 0 Å². The molecule has 0 radical (unpaired) electrons. The third-order valence-corrected chi connectivity index (χ3v) is 3.26. The van der Waals surface area contributed by atoms with Gasteiger partial charge in [-0.05, 0) is 28.3 Å². The summed E-state index contributed by atoms with van der Waals surface area (Å²) in [5.41, 5.74) is 0.702. The molecule has 0 N–H and O–H groups in total. The van der Waals surface area contributed by atoms with Crippen molar-refractivity contribution >= 4 is 27.5 Å². The second-order valence-electron chi connectivity index (χ2n) is 4.22. The lowest BCUT2D eigenvalue weighted by molar-refractivity contribution is 0.0756. The molecule has 3 aromatic carbocycles. The summed E-state index contributed by atoms with van der Waals surface area (Å²) in [6.45, 7) is 0. The Hall–Kier alpha value is -2.35. The molecule has 3 aromatic rings. The summed E-state index contributed by atoms with van der Waals surface area (Å²) >= 11 is 0. The maximum Gasteiger partial charge on any atom is 0.344 e. The number of rotatable bonds is 0. The first-order chi connectivity index (χ1) is 8.34. The van der Waals surface area contributed by atoms with E-state index in [9.17, 15) is 4.79 Å². The number of carbonyl (C=O) groups excluding carboxylic acids is 1. The molecule has 0 spiro atoms. The summed E-state index contributed by atoms with van der Waals surface area (Å²) in [5.74, 6) is 0.432. The van der Waals surface area contributed by atoms with Gasteiger partial charge in [0.25, 0.3) is 0 Å². The van der Waals surface area contributed by atoms with Crippen molar-refractivity contribution in [2.45, 2.75) is 0 Å². The van der Waals surface area contributed by atoms with Crippen molar-refractivity contribution in [3.05, 3.63) is 54.1 Å².